The van der Waals surface area contributed by atoms with Gasteiger partial charge in [0.05, 0.1) is 23.4 Å². The summed E-state index contributed by atoms with van der Waals surface area (Å²) in [5.41, 5.74) is 6.03. The molecule has 90 valence electrons. The Hall–Kier alpha value is -2.23. The number of hydrazone groups is 1. The van der Waals surface area contributed by atoms with E-state index in [2.05, 4.69) is 20.5 Å². The quantitative estimate of drug-likeness (QED) is 0.867. The molecule has 1 N–H and O–H groups in total. The zero-order valence-electron chi connectivity index (χ0n) is 10.2. The van der Waals surface area contributed by atoms with E-state index in [1.54, 1.807) is 0 Å². The van der Waals surface area contributed by atoms with Crippen LogP contribution in [-0.2, 0) is 5.41 Å². The highest BCUT2D eigenvalue weighted by molar-refractivity contribution is 5.97. The van der Waals surface area contributed by atoms with Crippen LogP contribution in [0.1, 0.15) is 18.2 Å². The van der Waals surface area contributed by atoms with Crippen LogP contribution in [0.2, 0.25) is 0 Å². The fourth-order valence-corrected chi connectivity index (χ4v) is 2.49. The summed E-state index contributed by atoms with van der Waals surface area (Å²) in [6.07, 6.45) is 5.45. The second-order valence-electron chi connectivity index (χ2n) is 4.39. The predicted octanol–water partition coefficient (Wildman–Crippen LogP) is 1.74. The third kappa shape index (κ3) is 1.49. The largest absolute Gasteiger partial charge is 0.308 e. The van der Waals surface area contributed by atoms with Crippen LogP contribution in [0.15, 0.2) is 54.0 Å². The molecule has 1 unspecified atom stereocenters. The van der Waals surface area contributed by atoms with Gasteiger partial charge in [0, 0.05) is 18.6 Å². The van der Waals surface area contributed by atoms with Crippen molar-refractivity contribution in [3.05, 3.63) is 60.2 Å². The summed E-state index contributed by atoms with van der Waals surface area (Å²) in [7, 11) is 0. The summed E-state index contributed by atoms with van der Waals surface area (Å²) in [4.78, 5) is 8.60. The fraction of sp³-hybridized carbons (Fsp3) is 0.214. The van der Waals surface area contributed by atoms with Crippen LogP contribution in [0.4, 0.5) is 0 Å². The maximum Gasteiger partial charge on any atom is 0.0960 e. The van der Waals surface area contributed by atoms with Gasteiger partial charge in [0.1, 0.15) is 0 Å². The van der Waals surface area contributed by atoms with Gasteiger partial charge >= 0.3 is 0 Å². The van der Waals surface area contributed by atoms with Crippen molar-refractivity contribution in [1.82, 2.24) is 15.4 Å². The number of rotatable bonds is 2. The summed E-state index contributed by atoms with van der Waals surface area (Å²) < 4.78 is 0. The van der Waals surface area contributed by atoms with Crippen molar-refractivity contribution in [3.8, 4) is 0 Å². The predicted molar refractivity (Wildman–Crippen MR) is 70.4 cm³/mol. The number of hydrogen-bond acceptors (Lipinski definition) is 4. The summed E-state index contributed by atoms with van der Waals surface area (Å²) in [5, 5.41) is 4.35. The van der Waals surface area contributed by atoms with Crippen molar-refractivity contribution in [2.24, 2.45) is 5.10 Å². The van der Waals surface area contributed by atoms with Gasteiger partial charge in [0.15, 0.2) is 0 Å². The molecule has 0 aromatic carbocycles. The molecule has 1 aliphatic rings. The van der Waals surface area contributed by atoms with Gasteiger partial charge in [-0.2, -0.15) is 5.10 Å². The molecule has 0 fully saturated rings. The van der Waals surface area contributed by atoms with E-state index in [-0.39, 0.29) is 5.41 Å². The van der Waals surface area contributed by atoms with E-state index in [0.717, 1.165) is 18.0 Å². The minimum Gasteiger partial charge on any atom is -0.308 e. The normalized spacial score (nSPS) is 22.4. The first-order chi connectivity index (χ1) is 8.84. The van der Waals surface area contributed by atoms with Crippen molar-refractivity contribution >= 4 is 5.71 Å². The lowest BCUT2D eigenvalue weighted by atomic mass is 9.74. The topological polar surface area (TPSA) is 50.2 Å². The van der Waals surface area contributed by atoms with Crippen molar-refractivity contribution in [3.63, 3.8) is 0 Å². The lowest BCUT2D eigenvalue weighted by Crippen LogP contribution is -2.38. The first kappa shape index (κ1) is 10.9. The van der Waals surface area contributed by atoms with Crippen LogP contribution in [0.25, 0.3) is 0 Å². The number of nitrogens with one attached hydrogen (secondary N) is 1. The Morgan fingerprint density at radius 2 is 1.94 bits per heavy atom. The Morgan fingerprint density at radius 1 is 1.11 bits per heavy atom. The highest BCUT2D eigenvalue weighted by Crippen LogP contribution is 2.34. The molecule has 0 saturated carbocycles. The molecule has 18 heavy (non-hydrogen) atoms. The van der Waals surface area contributed by atoms with Gasteiger partial charge < -0.3 is 5.43 Å². The molecule has 0 radical (unpaired) electrons. The zero-order valence-corrected chi connectivity index (χ0v) is 10.2. The molecule has 1 atom stereocenters. The molecule has 4 heteroatoms. The average molecular weight is 238 g/mol. The SMILES string of the molecule is CC1=NNCC1(c1ccncc1)c1ccccn1. The molecule has 0 amide bonds. The highest BCUT2D eigenvalue weighted by Gasteiger charge is 2.41. The van der Waals surface area contributed by atoms with Crippen LogP contribution in [-0.4, -0.2) is 22.2 Å². The van der Waals surface area contributed by atoms with E-state index in [9.17, 15) is 0 Å². The first-order valence-corrected chi connectivity index (χ1v) is 5.94. The Bertz CT molecular complexity index is 523. The Kier molecular flexibility index (Phi) is 2.55. The molecule has 0 spiro atoms. The summed E-state index contributed by atoms with van der Waals surface area (Å²) in [6.45, 7) is 2.77. The Labute approximate surface area is 106 Å². The molecule has 0 aliphatic carbocycles. The third-order valence-corrected chi connectivity index (χ3v) is 3.48. The smallest absolute Gasteiger partial charge is 0.0960 e. The van der Waals surface area contributed by atoms with E-state index >= 15 is 0 Å². The maximum atomic E-state index is 4.52. The second-order valence-corrected chi connectivity index (χ2v) is 4.39. The van der Waals surface area contributed by atoms with Gasteiger partial charge in [-0.3, -0.25) is 9.97 Å². The van der Waals surface area contributed by atoms with Crippen molar-refractivity contribution in [2.45, 2.75) is 12.3 Å². The van der Waals surface area contributed by atoms with E-state index in [4.69, 9.17) is 0 Å². The lowest BCUT2D eigenvalue weighted by molar-refractivity contribution is 0.633. The molecule has 3 heterocycles. The second kappa shape index (κ2) is 4.22. The zero-order chi connectivity index (χ0) is 12.4. The van der Waals surface area contributed by atoms with Crippen molar-refractivity contribution < 1.29 is 0 Å². The van der Waals surface area contributed by atoms with Crippen LogP contribution < -0.4 is 5.43 Å². The first-order valence-electron chi connectivity index (χ1n) is 5.94. The van der Waals surface area contributed by atoms with Crippen LogP contribution in [0.3, 0.4) is 0 Å². The van der Waals surface area contributed by atoms with Gasteiger partial charge in [-0.25, -0.2) is 0 Å². The summed E-state index contributed by atoms with van der Waals surface area (Å²) in [5.74, 6) is 0. The number of hydrogen-bond donors (Lipinski definition) is 1. The lowest BCUT2D eigenvalue weighted by Gasteiger charge is -2.28. The maximum absolute atomic E-state index is 4.52. The molecule has 2 aromatic heterocycles. The molecule has 0 bridgehead atoms. The van der Waals surface area contributed by atoms with Crippen LogP contribution in [0.5, 0.6) is 0 Å². The molecular weight excluding hydrogens is 224 g/mol. The van der Waals surface area contributed by atoms with E-state index in [1.165, 1.54) is 5.56 Å². The van der Waals surface area contributed by atoms with Crippen molar-refractivity contribution in [2.75, 3.05) is 6.54 Å². The van der Waals surface area contributed by atoms with Crippen LogP contribution >= 0.6 is 0 Å². The molecule has 0 saturated heterocycles. The monoisotopic (exact) mass is 238 g/mol. The number of aromatic nitrogens is 2. The van der Waals surface area contributed by atoms with Gasteiger partial charge in [0.2, 0.25) is 0 Å². The fourth-order valence-electron chi connectivity index (χ4n) is 2.49. The summed E-state index contributed by atoms with van der Waals surface area (Å²) in [6, 6.07) is 10.0. The molecular formula is C14H14N4. The van der Waals surface area contributed by atoms with E-state index in [1.807, 2.05) is 55.8 Å². The standard InChI is InChI=1S/C14H14N4/c1-11-14(10-17-18-11,12-5-8-15-9-6-12)13-4-2-3-7-16-13/h2-9,17H,10H2,1H3. The molecule has 2 aromatic rings. The van der Waals surface area contributed by atoms with E-state index < -0.39 is 0 Å². The molecule has 4 nitrogen and oxygen atoms in total. The molecule has 3 rings (SSSR count). The average Bonchev–Trinajstić information content (AvgIpc) is 2.84. The van der Waals surface area contributed by atoms with E-state index in [0.29, 0.717) is 0 Å². The van der Waals surface area contributed by atoms with Crippen molar-refractivity contribution in [1.29, 1.82) is 0 Å². The highest BCUT2D eigenvalue weighted by atomic mass is 15.3. The third-order valence-electron chi connectivity index (χ3n) is 3.48. The Morgan fingerprint density at radius 3 is 2.56 bits per heavy atom. The minimum absolute atomic E-state index is 0.274. The molecule has 1 aliphatic heterocycles. The van der Waals surface area contributed by atoms with Crippen LogP contribution in [0, 0.1) is 0 Å². The Balaban J connectivity index is 2.21. The van der Waals surface area contributed by atoms with Gasteiger partial charge in [-0.05, 0) is 36.8 Å². The number of nitrogens with zero attached hydrogens (tertiary/aromatic N) is 3. The minimum atomic E-state index is -0.274. The number of pyridine rings is 2. The van der Waals surface area contributed by atoms with Gasteiger partial charge in [-0.15, -0.1) is 0 Å². The van der Waals surface area contributed by atoms with Gasteiger partial charge in [-0.1, -0.05) is 6.07 Å². The van der Waals surface area contributed by atoms with Gasteiger partial charge in [0.25, 0.3) is 0 Å². The summed E-state index contributed by atoms with van der Waals surface area (Å²) >= 11 is 0.